The molecule has 1 saturated carbocycles. The first-order chi connectivity index (χ1) is 9.20. The predicted molar refractivity (Wildman–Crippen MR) is 79.6 cm³/mol. The molecule has 1 amide bonds. The number of hydrogen-bond acceptors (Lipinski definition) is 2. The van der Waals surface area contributed by atoms with Crippen LogP contribution < -0.4 is 10.6 Å². The Morgan fingerprint density at radius 3 is 2.68 bits per heavy atom. The molecule has 2 rings (SSSR count). The van der Waals surface area contributed by atoms with Gasteiger partial charge in [0.1, 0.15) is 0 Å². The zero-order valence-corrected chi connectivity index (χ0v) is 12.0. The van der Waals surface area contributed by atoms with Crippen LogP contribution in [0.4, 0.5) is 5.69 Å². The Labute approximate surface area is 115 Å². The van der Waals surface area contributed by atoms with Gasteiger partial charge >= 0.3 is 0 Å². The lowest BCUT2D eigenvalue weighted by Crippen LogP contribution is -2.30. The first-order valence-corrected chi connectivity index (χ1v) is 7.27. The number of benzene rings is 1. The smallest absolute Gasteiger partial charge is 0.253 e. The summed E-state index contributed by atoms with van der Waals surface area (Å²) in [4.78, 5) is 12.3. The number of carbonyl (C=O) groups excluding carboxylic acids is 1. The minimum Gasteiger partial charge on any atom is -0.387 e. The second kappa shape index (κ2) is 6.60. The van der Waals surface area contributed by atoms with Gasteiger partial charge in [0.05, 0.1) is 5.56 Å². The van der Waals surface area contributed by atoms with E-state index in [0.717, 1.165) is 23.4 Å². The summed E-state index contributed by atoms with van der Waals surface area (Å²) in [7, 11) is 1.85. The maximum atomic E-state index is 12.3. The van der Waals surface area contributed by atoms with Gasteiger partial charge < -0.3 is 10.6 Å². The number of hydrogen-bond donors (Lipinski definition) is 2. The van der Waals surface area contributed by atoms with Crippen molar-refractivity contribution in [3.05, 3.63) is 29.3 Å². The van der Waals surface area contributed by atoms with Crippen molar-refractivity contribution >= 4 is 11.6 Å². The molecule has 0 spiro atoms. The molecule has 0 aromatic heterocycles. The van der Waals surface area contributed by atoms with Crippen LogP contribution in [0.15, 0.2) is 18.2 Å². The van der Waals surface area contributed by atoms with Crippen molar-refractivity contribution < 1.29 is 4.79 Å². The summed E-state index contributed by atoms with van der Waals surface area (Å²) in [6, 6.07) is 5.93. The number of carbonyl (C=O) groups is 1. The second-order valence-corrected chi connectivity index (χ2v) is 5.51. The Balaban J connectivity index is 1.97. The normalized spacial score (nSPS) is 16.1. The standard InChI is InChI=1S/C16H24N2O/c1-12-8-9-15(17-2)14(10-12)16(19)18-11-13-6-4-3-5-7-13/h8-10,13,17H,3-7,11H2,1-2H3,(H,18,19). The van der Waals surface area contributed by atoms with Gasteiger partial charge in [0.2, 0.25) is 0 Å². The van der Waals surface area contributed by atoms with Gasteiger partial charge in [-0.25, -0.2) is 0 Å². The molecule has 3 nitrogen and oxygen atoms in total. The van der Waals surface area contributed by atoms with E-state index in [1.54, 1.807) is 0 Å². The summed E-state index contributed by atoms with van der Waals surface area (Å²) < 4.78 is 0. The molecule has 0 unspecified atom stereocenters. The minimum atomic E-state index is 0.0404. The van der Waals surface area contributed by atoms with E-state index in [0.29, 0.717) is 5.92 Å². The SMILES string of the molecule is CNc1ccc(C)cc1C(=O)NCC1CCCCC1. The van der Waals surface area contributed by atoms with Gasteiger partial charge in [-0.05, 0) is 37.8 Å². The first-order valence-electron chi connectivity index (χ1n) is 7.27. The number of aryl methyl sites for hydroxylation is 1. The van der Waals surface area contributed by atoms with Crippen LogP contribution in [-0.4, -0.2) is 19.5 Å². The minimum absolute atomic E-state index is 0.0404. The summed E-state index contributed by atoms with van der Waals surface area (Å²) in [5, 5.41) is 6.17. The number of amides is 1. The lowest BCUT2D eigenvalue weighted by molar-refractivity contribution is 0.0944. The number of anilines is 1. The largest absolute Gasteiger partial charge is 0.387 e. The van der Waals surface area contributed by atoms with Gasteiger partial charge in [-0.1, -0.05) is 30.9 Å². The molecule has 1 aromatic rings. The molecule has 1 aliphatic carbocycles. The summed E-state index contributed by atoms with van der Waals surface area (Å²) in [5.41, 5.74) is 2.76. The van der Waals surface area contributed by atoms with Gasteiger partial charge in [0.25, 0.3) is 5.91 Å². The van der Waals surface area contributed by atoms with E-state index in [-0.39, 0.29) is 5.91 Å². The molecule has 1 aromatic carbocycles. The molecular formula is C16H24N2O. The fraction of sp³-hybridized carbons (Fsp3) is 0.562. The molecule has 0 saturated heterocycles. The molecule has 104 valence electrons. The van der Waals surface area contributed by atoms with Gasteiger partial charge in [-0.2, -0.15) is 0 Å². The number of rotatable bonds is 4. The van der Waals surface area contributed by atoms with E-state index in [1.165, 1.54) is 32.1 Å². The molecule has 1 aliphatic rings. The molecule has 2 N–H and O–H groups in total. The predicted octanol–water partition coefficient (Wildman–Crippen LogP) is 3.35. The molecule has 19 heavy (non-hydrogen) atoms. The average molecular weight is 260 g/mol. The monoisotopic (exact) mass is 260 g/mol. The molecule has 0 heterocycles. The molecular weight excluding hydrogens is 236 g/mol. The Morgan fingerprint density at radius 1 is 1.26 bits per heavy atom. The molecule has 1 fully saturated rings. The Bertz CT molecular complexity index is 436. The highest BCUT2D eigenvalue weighted by Crippen LogP contribution is 2.23. The van der Waals surface area contributed by atoms with Crippen molar-refractivity contribution in [3.63, 3.8) is 0 Å². The van der Waals surface area contributed by atoms with Crippen LogP contribution in [0.5, 0.6) is 0 Å². The summed E-state index contributed by atoms with van der Waals surface area (Å²) >= 11 is 0. The highest BCUT2D eigenvalue weighted by molar-refractivity contribution is 5.99. The Morgan fingerprint density at radius 2 is 2.00 bits per heavy atom. The highest BCUT2D eigenvalue weighted by Gasteiger charge is 2.16. The zero-order chi connectivity index (χ0) is 13.7. The molecule has 0 aliphatic heterocycles. The van der Waals surface area contributed by atoms with Gasteiger partial charge in [-0.15, -0.1) is 0 Å². The highest BCUT2D eigenvalue weighted by atomic mass is 16.1. The third-order valence-electron chi connectivity index (χ3n) is 3.97. The molecule has 0 bridgehead atoms. The zero-order valence-electron chi connectivity index (χ0n) is 12.0. The van der Waals surface area contributed by atoms with E-state index in [9.17, 15) is 4.79 Å². The van der Waals surface area contributed by atoms with Crippen LogP contribution in [0.3, 0.4) is 0 Å². The molecule has 0 radical (unpaired) electrons. The first kappa shape index (κ1) is 13.9. The fourth-order valence-electron chi connectivity index (χ4n) is 2.79. The van der Waals surface area contributed by atoms with Crippen molar-refractivity contribution in [1.29, 1.82) is 0 Å². The summed E-state index contributed by atoms with van der Waals surface area (Å²) in [6.07, 6.45) is 6.49. The topological polar surface area (TPSA) is 41.1 Å². The van der Waals surface area contributed by atoms with E-state index in [2.05, 4.69) is 10.6 Å². The molecule has 0 atom stereocenters. The third kappa shape index (κ3) is 3.72. The van der Waals surface area contributed by atoms with Gasteiger partial charge in [-0.3, -0.25) is 4.79 Å². The maximum Gasteiger partial charge on any atom is 0.253 e. The van der Waals surface area contributed by atoms with E-state index < -0.39 is 0 Å². The van der Waals surface area contributed by atoms with Crippen molar-refractivity contribution in [1.82, 2.24) is 5.32 Å². The quantitative estimate of drug-likeness (QED) is 0.871. The van der Waals surface area contributed by atoms with Crippen molar-refractivity contribution in [3.8, 4) is 0 Å². The lowest BCUT2D eigenvalue weighted by atomic mass is 9.89. The van der Waals surface area contributed by atoms with Crippen molar-refractivity contribution in [2.24, 2.45) is 5.92 Å². The average Bonchev–Trinajstić information content (AvgIpc) is 2.46. The van der Waals surface area contributed by atoms with E-state index >= 15 is 0 Å². The van der Waals surface area contributed by atoms with Gasteiger partial charge in [0.15, 0.2) is 0 Å². The van der Waals surface area contributed by atoms with Crippen LogP contribution in [-0.2, 0) is 0 Å². The van der Waals surface area contributed by atoms with Crippen LogP contribution in [0, 0.1) is 12.8 Å². The van der Waals surface area contributed by atoms with E-state index in [1.807, 2.05) is 32.2 Å². The van der Waals surface area contributed by atoms with Crippen LogP contribution >= 0.6 is 0 Å². The van der Waals surface area contributed by atoms with Gasteiger partial charge in [0, 0.05) is 19.3 Å². The van der Waals surface area contributed by atoms with Crippen LogP contribution in [0.25, 0.3) is 0 Å². The Hall–Kier alpha value is -1.51. The van der Waals surface area contributed by atoms with Crippen LogP contribution in [0.2, 0.25) is 0 Å². The molecule has 3 heteroatoms. The summed E-state index contributed by atoms with van der Waals surface area (Å²) in [6.45, 7) is 2.83. The third-order valence-corrected chi connectivity index (χ3v) is 3.97. The lowest BCUT2D eigenvalue weighted by Gasteiger charge is -2.22. The van der Waals surface area contributed by atoms with E-state index in [4.69, 9.17) is 0 Å². The Kier molecular flexibility index (Phi) is 4.83. The maximum absolute atomic E-state index is 12.3. The fourth-order valence-corrected chi connectivity index (χ4v) is 2.79. The number of nitrogens with one attached hydrogen (secondary N) is 2. The summed E-state index contributed by atoms with van der Waals surface area (Å²) in [5.74, 6) is 0.708. The van der Waals surface area contributed by atoms with Crippen molar-refractivity contribution in [2.75, 3.05) is 18.9 Å². The van der Waals surface area contributed by atoms with Crippen molar-refractivity contribution in [2.45, 2.75) is 39.0 Å². The second-order valence-electron chi connectivity index (χ2n) is 5.51. The van der Waals surface area contributed by atoms with Crippen LogP contribution in [0.1, 0.15) is 48.0 Å².